The summed E-state index contributed by atoms with van der Waals surface area (Å²) in [6.07, 6.45) is 4.62. The molecule has 6 heteroatoms. The number of allylic oxidation sites excluding steroid dienone is 1. The Labute approximate surface area is 165 Å². The van der Waals surface area contributed by atoms with E-state index in [2.05, 4.69) is 35.4 Å². The normalized spacial score (nSPS) is 15.3. The molecule has 1 N–H and O–H groups in total. The maximum atomic E-state index is 9.22. The van der Waals surface area contributed by atoms with Gasteiger partial charge in [-0.15, -0.1) is 6.58 Å². The maximum Gasteiger partial charge on any atom is 0.165 e. The van der Waals surface area contributed by atoms with E-state index in [1.54, 1.807) is 0 Å². The van der Waals surface area contributed by atoms with E-state index in [1.165, 1.54) is 5.56 Å². The van der Waals surface area contributed by atoms with Crippen molar-refractivity contribution in [2.75, 3.05) is 44.2 Å². The van der Waals surface area contributed by atoms with Crippen LogP contribution in [0.1, 0.15) is 11.3 Å². The van der Waals surface area contributed by atoms with E-state index in [4.69, 9.17) is 10.1 Å². The number of benzene rings is 1. The minimum absolute atomic E-state index is 0.208. The summed E-state index contributed by atoms with van der Waals surface area (Å²) in [4.78, 5) is 9.61. The highest BCUT2D eigenvalue weighted by Gasteiger charge is 2.24. The van der Waals surface area contributed by atoms with E-state index >= 15 is 0 Å². The molecule has 0 atom stereocenters. The van der Waals surface area contributed by atoms with Gasteiger partial charge in [0.05, 0.1) is 12.8 Å². The second-order valence-corrected chi connectivity index (χ2v) is 7.20. The predicted molar refractivity (Wildman–Crippen MR) is 113 cm³/mol. The Morgan fingerprint density at radius 3 is 2.57 bits per heavy atom. The van der Waals surface area contributed by atoms with Gasteiger partial charge in [0, 0.05) is 49.5 Å². The van der Waals surface area contributed by atoms with Gasteiger partial charge in [0.2, 0.25) is 0 Å². The zero-order valence-electron chi connectivity index (χ0n) is 16.4. The van der Waals surface area contributed by atoms with Gasteiger partial charge in [-0.05, 0) is 18.9 Å². The Hall–Kier alpha value is -2.70. The Morgan fingerprint density at radius 2 is 1.89 bits per heavy atom. The largest absolute Gasteiger partial charge is 0.395 e. The van der Waals surface area contributed by atoms with Crippen LogP contribution in [0.4, 0.5) is 5.82 Å². The summed E-state index contributed by atoms with van der Waals surface area (Å²) in [5, 5.41) is 13.9. The van der Waals surface area contributed by atoms with Crippen molar-refractivity contribution in [1.29, 1.82) is 0 Å². The summed E-state index contributed by atoms with van der Waals surface area (Å²) >= 11 is 0. The fourth-order valence-electron chi connectivity index (χ4n) is 3.97. The monoisotopic (exact) mass is 377 g/mol. The number of aryl methyl sites for hydroxylation is 1. The summed E-state index contributed by atoms with van der Waals surface area (Å²) in [6, 6.07) is 10.3. The lowest BCUT2D eigenvalue weighted by Gasteiger charge is -2.36. The maximum absolute atomic E-state index is 9.22. The van der Waals surface area contributed by atoms with E-state index in [-0.39, 0.29) is 6.61 Å². The number of aromatic nitrogens is 3. The van der Waals surface area contributed by atoms with Crippen LogP contribution < -0.4 is 4.90 Å². The number of nitrogens with zero attached hydrogens (tertiary/aromatic N) is 5. The standard InChI is InChI=1S/C22H27N5O/c1-3-7-19-17(2)24-21-20(18-8-5-4-6-9-18)16-23-27(21)22(19)26-12-10-25(11-13-26)14-15-28/h3-6,8-9,16,28H,1,7,10-15H2,2H3. The van der Waals surface area contributed by atoms with Gasteiger partial charge in [-0.25, -0.2) is 4.98 Å². The third kappa shape index (κ3) is 3.41. The number of rotatable bonds is 6. The highest BCUT2D eigenvalue weighted by Crippen LogP contribution is 2.31. The zero-order chi connectivity index (χ0) is 19.5. The molecule has 2 aromatic heterocycles. The van der Waals surface area contributed by atoms with Crippen molar-refractivity contribution in [1.82, 2.24) is 19.5 Å². The lowest BCUT2D eigenvalue weighted by molar-refractivity contribution is 0.188. The quantitative estimate of drug-likeness (QED) is 0.669. The highest BCUT2D eigenvalue weighted by atomic mass is 16.3. The number of aliphatic hydroxyl groups is 1. The smallest absolute Gasteiger partial charge is 0.165 e. The van der Waals surface area contributed by atoms with Gasteiger partial charge < -0.3 is 10.0 Å². The zero-order valence-corrected chi connectivity index (χ0v) is 16.4. The number of piperazine rings is 1. The van der Waals surface area contributed by atoms with Gasteiger partial charge in [0.15, 0.2) is 5.65 Å². The summed E-state index contributed by atoms with van der Waals surface area (Å²) in [6.45, 7) is 10.6. The minimum Gasteiger partial charge on any atom is -0.395 e. The average molecular weight is 377 g/mol. The minimum atomic E-state index is 0.208. The molecular formula is C22H27N5O. The number of fused-ring (bicyclic) bond motifs is 1. The van der Waals surface area contributed by atoms with E-state index in [0.717, 1.165) is 67.4 Å². The van der Waals surface area contributed by atoms with Gasteiger partial charge in [0.25, 0.3) is 0 Å². The van der Waals surface area contributed by atoms with Gasteiger partial charge in [-0.2, -0.15) is 9.61 Å². The number of aliphatic hydroxyl groups excluding tert-OH is 1. The molecule has 0 saturated carbocycles. The number of β-amino-alcohol motifs (C(OH)–C–C–N with tert-alkyl or cyclic N) is 1. The SMILES string of the molecule is C=CCc1c(C)nc2c(-c3ccccc3)cnn2c1N1CCN(CCO)CC1. The van der Waals surface area contributed by atoms with Crippen molar-refractivity contribution >= 4 is 11.5 Å². The molecule has 0 bridgehead atoms. The van der Waals surface area contributed by atoms with Crippen molar-refractivity contribution < 1.29 is 5.11 Å². The lowest BCUT2D eigenvalue weighted by atomic mass is 10.1. The Bertz CT molecular complexity index is 958. The number of hydrogen-bond acceptors (Lipinski definition) is 5. The van der Waals surface area contributed by atoms with Crippen LogP contribution in [-0.2, 0) is 6.42 Å². The first-order chi connectivity index (χ1) is 13.7. The van der Waals surface area contributed by atoms with Crippen LogP contribution in [0, 0.1) is 6.92 Å². The Kier molecular flexibility index (Phi) is 5.41. The van der Waals surface area contributed by atoms with Gasteiger partial charge in [-0.1, -0.05) is 36.4 Å². The molecule has 0 spiro atoms. The van der Waals surface area contributed by atoms with E-state index in [1.807, 2.05) is 35.0 Å². The molecule has 146 valence electrons. The topological polar surface area (TPSA) is 56.9 Å². The Balaban J connectivity index is 1.80. The molecule has 1 saturated heterocycles. The molecule has 0 amide bonds. The second kappa shape index (κ2) is 8.12. The van der Waals surface area contributed by atoms with Crippen molar-refractivity contribution in [2.24, 2.45) is 0 Å². The molecule has 3 heterocycles. The van der Waals surface area contributed by atoms with Crippen LogP contribution in [0.15, 0.2) is 49.2 Å². The van der Waals surface area contributed by atoms with E-state index in [9.17, 15) is 5.11 Å². The van der Waals surface area contributed by atoms with Crippen LogP contribution in [0.25, 0.3) is 16.8 Å². The van der Waals surface area contributed by atoms with E-state index in [0.29, 0.717) is 0 Å². The number of hydrogen-bond donors (Lipinski definition) is 1. The molecule has 1 aromatic carbocycles. The van der Waals surface area contributed by atoms with Gasteiger partial charge in [0.1, 0.15) is 5.82 Å². The van der Waals surface area contributed by atoms with E-state index < -0.39 is 0 Å². The lowest BCUT2D eigenvalue weighted by Crippen LogP contribution is -2.48. The first-order valence-corrected chi connectivity index (χ1v) is 9.84. The molecular weight excluding hydrogens is 350 g/mol. The van der Waals surface area contributed by atoms with Crippen molar-refractivity contribution in [3.05, 3.63) is 60.4 Å². The molecule has 1 aliphatic heterocycles. The fraction of sp³-hybridized carbons (Fsp3) is 0.364. The van der Waals surface area contributed by atoms with Gasteiger partial charge in [-0.3, -0.25) is 4.90 Å². The molecule has 1 fully saturated rings. The summed E-state index contributed by atoms with van der Waals surface area (Å²) in [7, 11) is 0. The molecule has 6 nitrogen and oxygen atoms in total. The predicted octanol–water partition coefficient (Wildman–Crippen LogP) is 2.55. The molecule has 0 unspecified atom stereocenters. The second-order valence-electron chi connectivity index (χ2n) is 7.20. The molecule has 0 aliphatic carbocycles. The fourth-order valence-corrected chi connectivity index (χ4v) is 3.97. The van der Waals surface area contributed by atoms with Crippen LogP contribution >= 0.6 is 0 Å². The van der Waals surface area contributed by atoms with Crippen LogP contribution in [0.2, 0.25) is 0 Å². The highest BCUT2D eigenvalue weighted by molar-refractivity contribution is 5.79. The van der Waals surface area contributed by atoms with Crippen LogP contribution in [0.3, 0.4) is 0 Å². The summed E-state index contributed by atoms with van der Waals surface area (Å²) < 4.78 is 2.00. The third-order valence-electron chi connectivity index (χ3n) is 5.45. The summed E-state index contributed by atoms with van der Waals surface area (Å²) in [5.74, 6) is 1.12. The molecule has 0 radical (unpaired) electrons. The first kappa shape index (κ1) is 18.7. The Morgan fingerprint density at radius 1 is 1.14 bits per heavy atom. The molecule has 1 aliphatic rings. The average Bonchev–Trinajstić information content (AvgIpc) is 3.13. The molecule has 3 aromatic rings. The van der Waals surface area contributed by atoms with Crippen molar-refractivity contribution in [2.45, 2.75) is 13.3 Å². The molecule has 4 rings (SSSR count). The van der Waals surface area contributed by atoms with Crippen LogP contribution in [0.5, 0.6) is 0 Å². The first-order valence-electron chi connectivity index (χ1n) is 9.84. The van der Waals surface area contributed by atoms with Crippen LogP contribution in [-0.4, -0.2) is 63.9 Å². The number of anilines is 1. The van der Waals surface area contributed by atoms with Gasteiger partial charge >= 0.3 is 0 Å². The van der Waals surface area contributed by atoms with Crippen molar-refractivity contribution in [3.8, 4) is 11.1 Å². The molecule has 28 heavy (non-hydrogen) atoms. The third-order valence-corrected chi connectivity index (χ3v) is 5.45. The summed E-state index contributed by atoms with van der Waals surface area (Å²) in [5.41, 5.74) is 5.27. The van der Waals surface area contributed by atoms with Crippen molar-refractivity contribution in [3.63, 3.8) is 0 Å².